The molecule has 0 aromatic heterocycles. The van der Waals surface area contributed by atoms with Gasteiger partial charge in [-0.3, -0.25) is 0 Å². The summed E-state index contributed by atoms with van der Waals surface area (Å²) in [5.41, 5.74) is 1.06. The van der Waals surface area contributed by atoms with Gasteiger partial charge in [-0.1, -0.05) is 6.07 Å². The molecule has 1 saturated heterocycles. The molecule has 0 radical (unpaired) electrons. The Balaban J connectivity index is 2.15. The van der Waals surface area contributed by atoms with Crippen molar-refractivity contribution in [2.75, 3.05) is 18.1 Å². The molecule has 82 valence electrons. The van der Waals surface area contributed by atoms with Crippen molar-refractivity contribution in [1.82, 2.24) is 0 Å². The van der Waals surface area contributed by atoms with E-state index < -0.39 is 0 Å². The molecular weight excluding hydrogens is 190 g/mol. The minimum Gasteiger partial charge on any atom is -0.508 e. The van der Waals surface area contributed by atoms with E-state index in [9.17, 15) is 5.11 Å². The summed E-state index contributed by atoms with van der Waals surface area (Å²) in [6, 6.07) is 7.77. The highest BCUT2D eigenvalue weighted by atomic mass is 16.3. The molecule has 1 fully saturated rings. The Morgan fingerprint density at radius 1 is 1.40 bits per heavy atom. The average molecular weight is 207 g/mol. The van der Waals surface area contributed by atoms with Crippen LogP contribution < -0.4 is 4.90 Å². The van der Waals surface area contributed by atoms with Crippen LogP contribution in [0.4, 0.5) is 5.69 Å². The van der Waals surface area contributed by atoms with Crippen molar-refractivity contribution in [2.24, 2.45) is 0 Å². The number of phenols is 1. The Kier molecular flexibility index (Phi) is 3.11. The number of rotatable bonds is 3. The molecule has 1 aromatic rings. The first-order valence-corrected chi connectivity index (χ1v) is 5.48. The van der Waals surface area contributed by atoms with E-state index in [4.69, 9.17) is 5.11 Å². The van der Waals surface area contributed by atoms with Crippen LogP contribution in [0.2, 0.25) is 0 Å². The molecule has 0 aliphatic carbocycles. The maximum atomic E-state index is 9.41. The second-order valence-electron chi connectivity index (χ2n) is 4.02. The third-order valence-corrected chi connectivity index (χ3v) is 3.00. The summed E-state index contributed by atoms with van der Waals surface area (Å²) in [4.78, 5) is 2.27. The molecule has 3 heteroatoms. The van der Waals surface area contributed by atoms with Gasteiger partial charge in [-0.15, -0.1) is 0 Å². The van der Waals surface area contributed by atoms with Gasteiger partial charge >= 0.3 is 0 Å². The molecule has 15 heavy (non-hydrogen) atoms. The summed E-state index contributed by atoms with van der Waals surface area (Å²) in [6.45, 7) is 1.26. The van der Waals surface area contributed by atoms with Gasteiger partial charge in [-0.05, 0) is 31.4 Å². The standard InChI is InChI=1S/C12H17NO2/c14-8-6-10-4-2-7-13(10)11-3-1-5-12(15)9-11/h1,3,5,9-10,14-15H,2,4,6-8H2. The molecule has 1 unspecified atom stereocenters. The number of anilines is 1. The first-order valence-electron chi connectivity index (χ1n) is 5.48. The number of benzene rings is 1. The monoisotopic (exact) mass is 207 g/mol. The number of aromatic hydroxyl groups is 1. The fourth-order valence-corrected chi connectivity index (χ4v) is 2.30. The SMILES string of the molecule is OCCC1CCCN1c1cccc(O)c1. The second kappa shape index (κ2) is 4.53. The molecule has 3 nitrogen and oxygen atoms in total. The fourth-order valence-electron chi connectivity index (χ4n) is 2.30. The lowest BCUT2D eigenvalue weighted by Crippen LogP contribution is -2.29. The molecule has 0 spiro atoms. The topological polar surface area (TPSA) is 43.7 Å². The average Bonchev–Trinajstić information content (AvgIpc) is 2.66. The van der Waals surface area contributed by atoms with Gasteiger partial charge in [0, 0.05) is 30.9 Å². The minimum absolute atomic E-state index is 0.236. The van der Waals surface area contributed by atoms with Gasteiger partial charge in [0.05, 0.1) is 0 Å². The van der Waals surface area contributed by atoms with Gasteiger partial charge in [-0.25, -0.2) is 0 Å². The molecule has 0 saturated carbocycles. The lowest BCUT2D eigenvalue weighted by Gasteiger charge is -2.26. The van der Waals surface area contributed by atoms with Crippen LogP contribution in [0, 0.1) is 0 Å². The third kappa shape index (κ3) is 2.23. The van der Waals surface area contributed by atoms with Crippen molar-refractivity contribution in [3.8, 4) is 5.75 Å². The Bertz CT molecular complexity index is 327. The highest BCUT2D eigenvalue weighted by Crippen LogP contribution is 2.29. The van der Waals surface area contributed by atoms with E-state index in [-0.39, 0.29) is 6.61 Å². The lowest BCUT2D eigenvalue weighted by atomic mass is 10.1. The maximum Gasteiger partial charge on any atom is 0.117 e. The zero-order chi connectivity index (χ0) is 10.7. The predicted molar refractivity (Wildman–Crippen MR) is 60.2 cm³/mol. The molecule has 1 atom stereocenters. The van der Waals surface area contributed by atoms with Crippen LogP contribution in [0.3, 0.4) is 0 Å². The summed E-state index contributed by atoms with van der Waals surface area (Å²) >= 11 is 0. The molecule has 0 amide bonds. The van der Waals surface area contributed by atoms with Crippen LogP contribution in [-0.2, 0) is 0 Å². The smallest absolute Gasteiger partial charge is 0.117 e. The second-order valence-corrected chi connectivity index (χ2v) is 4.02. The molecular formula is C12H17NO2. The molecule has 1 aliphatic heterocycles. The van der Waals surface area contributed by atoms with Gasteiger partial charge in [0.2, 0.25) is 0 Å². The molecule has 1 heterocycles. The van der Waals surface area contributed by atoms with Crippen LogP contribution >= 0.6 is 0 Å². The fraction of sp³-hybridized carbons (Fsp3) is 0.500. The van der Waals surface area contributed by atoms with E-state index in [0.717, 1.165) is 25.1 Å². The highest BCUT2D eigenvalue weighted by Gasteiger charge is 2.24. The van der Waals surface area contributed by atoms with E-state index >= 15 is 0 Å². The van der Waals surface area contributed by atoms with Crippen LogP contribution in [0.25, 0.3) is 0 Å². The van der Waals surface area contributed by atoms with E-state index in [0.29, 0.717) is 11.8 Å². The largest absolute Gasteiger partial charge is 0.508 e. The summed E-state index contributed by atoms with van der Waals surface area (Å²) < 4.78 is 0. The number of aliphatic hydroxyl groups excluding tert-OH is 1. The summed E-state index contributed by atoms with van der Waals surface area (Å²) in [6.07, 6.45) is 3.12. The van der Waals surface area contributed by atoms with Crippen molar-refractivity contribution in [2.45, 2.75) is 25.3 Å². The molecule has 2 rings (SSSR count). The third-order valence-electron chi connectivity index (χ3n) is 3.00. The van der Waals surface area contributed by atoms with Gasteiger partial charge < -0.3 is 15.1 Å². The number of nitrogens with zero attached hydrogens (tertiary/aromatic N) is 1. The number of hydrogen-bond donors (Lipinski definition) is 2. The summed E-state index contributed by atoms with van der Waals surface area (Å²) in [7, 11) is 0. The zero-order valence-corrected chi connectivity index (χ0v) is 8.76. The minimum atomic E-state index is 0.236. The van der Waals surface area contributed by atoms with Crippen LogP contribution in [0.15, 0.2) is 24.3 Å². The normalized spacial score (nSPS) is 20.9. The van der Waals surface area contributed by atoms with Gasteiger partial charge in [0.25, 0.3) is 0 Å². The molecule has 1 aliphatic rings. The van der Waals surface area contributed by atoms with Crippen molar-refractivity contribution in [3.05, 3.63) is 24.3 Å². The van der Waals surface area contributed by atoms with E-state index in [2.05, 4.69) is 4.90 Å². The van der Waals surface area contributed by atoms with E-state index in [1.165, 1.54) is 6.42 Å². The predicted octanol–water partition coefficient (Wildman–Crippen LogP) is 1.74. The van der Waals surface area contributed by atoms with Gasteiger partial charge in [-0.2, -0.15) is 0 Å². The quantitative estimate of drug-likeness (QED) is 0.793. The van der Waals surface area contributed by atoms with Crippen LogP contribution in [0.1, 0.15) is 19.3 Å². The number of phenolic OH excluding ortho intramolecular Hbond substituents is 1. The van der Waals surface area contributed by atoms with Crippen molar-refractivity contribution in [1.29, 1.82) is 0 Å². The number of hydrogen-bond acceptors (Lipinski definition) is 3. The summed E-state index contributed by atoms with van der Waals surface area (Å²) in [5.74, 6) is 0.308. The Morgan fingerprint density at radius 2 is 2.27 bits per heavy atom. The van der Waals surface area contributed by atoms with E-state index in [1.807, 2.05) is 12.1 Å². The van der Waals surface area contributed by atoms with Crippen molar-refractivity contribution < 1.29 is 10.2 Å². The number of aliphatic hydroxyl groups is 1. The lowest BCUT2D eigenvalue weighted by molar-refractivity contribution is 0.276. The van der Waals surface area contributed by atoms with Crippen molar-refractivity contribution >= 4 is 5.69 Å². The van der Waals surface area contributed by atoms with E-state index in [1.54, 1.807) is 12.1 Å². The Labute approximate surface area is 90.0 Å². The summed E-state index contributed by atoms with van der Waals surface area (Å²) in [5, 5.41) is 18.4. The Hall–Kier alpha value is -1.22. The molecule has 1 aromatic carbocycles. The van der Waals surface area contributed by atoms with Crippen LogP contribution in [0.5, 0.6) is 5.75 Å². The Morgan fingerprint density at radius 3 is 3.00 bits per heavy atom. The van der Waals surface area contributed by atoms with Crippen molar-refractivity contribution in [3.63, 3.8) is 0 Å². The highest BCUT2D eigenvalue weighted by molar-refractivity contribution is 5.51. The first kappa shape index (κ1) is 10.3. The molecule has 2 N–H and O–H groups in total. The molecule has 0 bridgehead atoms. The van der Waals surface area contributed by atoms with Gasteiger partial charge in [0.1, 0.15) is 5.75 Å². The zero-order valence-electron chi connectivity index (χ0n) is 8.76. The van der Waals surface area contributed by atoms with Gasteiger partial charge in [0.15, 0.2) is 0 Å². The van der Waals surface area contributed by atoms with Crippen LogP contribution in [-0.4, -0.2) is 29.4 Å². The maximum absolute atomic E-state index is 9.41. The first-order chi connectivity index (χ1) is 7.31.